The topological polar surface area (TPSA) is 60.2 Å². The molecule has 0 amide bonds. The zero-order valence-electron chi connectivity index (χ0n) is 11.1. The number of nitrogens with zero attached hydrogens (tertiary/aromatic N) is 2. The average molecular weight is 259 g/mol. The number of aromatic nitrogens is 2. The Morgan fingerprint density at radius 2 is 2.21 bits per heavy atom. The first kappa shape index (κ1) is 12.2. The van der Waals surface area contributed by atoms with Gasteiger partial charge >= 0.3 is 0 Å². The van der Waals surface area contributed by atoms with Gasteiger partial charge in [0.05, 0.1) is 13.7 Å². The van der Waals surface area contributed by atoms with Crippen molar-refractivity contribution in [3.05, 3.63) is 29.7 Å². The lowest BCUT2D eigenvalue weighted by molar-refractivity contribution is 0.411. The molecule has 2 aromatic rings. The Morgan fingerprint density at radius 3 is 2.95 bits per heavy atom. The number of ether oxygens (including phenoxy) is 1. The minimum absolute atomic E-state index is 0.533. The van der Waals surface area contributed by atoms with E-state index in [2.05, 4.69) is 15.5 Å². The zero-order valence-corrected chi connectivity index (χ0v) is 11.1. The van der Waals surface area contributed by atoms with Crippen LogP contribution in [0.2, 0.25) is 0 Å². The number of aryl methyl sites for hydroxylation is 1. The van der Waals surface area contributed by atoms with Crippen LogP contribution >= 0.6 is 0 Å². The summed E-state index contributed by atoms with van der Waals surface area (Å²) in [5.74, 6) is 1.99. The molecule has 0 unspecified atom stereocenters. The summed E-state index contributed by atoms with van der Waals surface area (Å²) in [6.07, 6.45) is 2.49. The average Bonchev–Trinajstić information content (AvgIpc) is 3.14. The molecule has 0 bridgehead atoms. The molecule has 0 spiro atoms. The van der Waals surface area contributed by atoms with Crippen LogP contribution in [0.4, 0.5) is 0 Å². The molecule has 1 aliphatic carbocycles. The summed E-state index contributed by atoms with van der Waals surface area (Å²) < 4.78 is 10.9. The Bertz CT molecular complexity index is 576. The van der Waals surface area contributed by atoms with Crippen LogP contribution < -0.4 is 10.1 Å². The first-order valence-corrected chi connectivity index (χ1v) is 6.47. The highest BCUT2D eigenvalue weighted by Gasteiger charge is 2.21. The molecule has 1 fully saturated rings. The lowest BCUT2D eigenvalue weighted by atomic mass is 10.1. The maximum atomic E-state index is 5.65. The second-order valence-corrected chi connectivity index (χ2v) is 4.84. The van der Waals surface area contributed by atoms with Crippen LogP contribution in [-0.4, -0.2) is 23.3 Å². The third-order valence-electron chi connectivity index (χ3n) is 3.24. The highest BCUT2D eigenvalue weighted by atomic mass is 16.5. The SMILES string of the molecule is COc1cc(-c2nnc(CNC3CC3)o2)ccc1C. The molecule has 0 aliphatic heterocycles. The van der Waals surface area contributed by atoms with E-state index in [1.54, 1.807) is 7.11 Å². The Morgan fingerprint density at radius 1 is 1.37 bits per heavy atom. The molecule has 1 aromatic carbocycles. The number of hydrogen-bond donors (Lipinski definition) is 1. The predicted octanol–water partition coefficient (Wildman–Crippen LogP) is 2.31. The van der Waals surface area contributed by atoms with Crippen LogP contribution in [0.1, 0.15) is 24.3 Å². The minimum atomic E-state index is 0.533. The van der Waals surface area contributed by atoms with E-state index in [1.807, 2.05) is 25.1 Å². The molecule has 1 saturated carbocycles. The van der Waals surface area contributed by atoms with E-state index in [0.717, 1.165) is 16.9 Å². The fraction of sp³-hybridized carbons (Fsp3) is 0.429. The van der Waals surface area contributed by atoms with Crippen molar-refractivity contribution in [3.8, 4) is 17.2 Å². The van der Waals surface area contributed by atoms with Crippen molar-refractivity contribution in [1.29, 1.82) is 0 Å². The number of nitrogens with one attached hydrogen (secondary N) is 1. The van der Waals surface area contributed by atoms with Gasteiger partial charge in [0.25, 0.3) is 0 Å². The van der Waals surface area contributed by atoms with Crippen LogP contribution in [0.5, 0.6) is 5.75 Å². The Kier molecular flexibility index (Phi) is 3.21. The summed E-state index contributed by atoms with van der Waals surface area (Å²) in [6.45, 7) is 2.64. The number of hydrogen-bond acceptors (Lipinski definition) is 5. The first-order valence-electron chi connectivity index (χ1n) is 6.47. The summed E-state index contributed by atoms with van der Waals surface area (Å²) in [5.41, 5.74) is 1.97. The second kappa shape index (κ2) is 5.01. The van der Waals surface area contributed by atoms with Gasteiger partial charge in [0.2, 0.25) is 11.8 Å². The first-order chi connectivity index (χ1) is 9.26. The third-order valence-corrected chi connectivity index (χ3v) is 3.24. The maximum absolute atomic E-state index is 5.65. The van der Waals surface area contributed by atoms with E-state index < -0.39 is 0 Å². The minimum Gasteiger partial charge on any atom is -0.496 e. The normalized spacial score (nSPS) is 14.6. The molecular formula is C14H17N3O2. The monoisotopic (exact) mass is 259 g/mol. The van der Waals surface area contributed by atoms with Crippen molar-refractivity contribution in [2.45, 2.75) is 32.4 Å². The smallest absolute Gasteiger partial charge is 0.247 e. The summed E-state index contributed by atoms with van der Waals surface area (Å²) >= 11 is 0. The molecule has 19 heavy (non-hydrogen) atoms. The van der Waals surface area contributed by atoms with Crippen LogP contribution in [0, 0.1) is 6.92 Å². The molecule has 0 saturated heterocycles. The second-order valence-electron chi connectivity index (χ2n) is 4.84. The molecule has 100 valence electrons. The summed E-state index contributed by atoms with van der Waals surface area (Å²) in [4.78, 5) is 0. The van der Waals surface area contributed by atoms with Gasteiger partial charge in [-0.05, 0) is 37.5 Å². The fourth-order valence-electron chi connectivity index (χ4n) is 1.91. The van der Waals surface area contributed by atoms with Crippen molar-refractivity contribution in [2.75, 3.05) is 7.11 Å². The lowest BCUT2D eigenvalue weighted by Crippen LogP contribution is -2.15. The van der Waals surface area contributed by atoms with Crippen LogP contribution in [0.25, 0.3) is 11.5 Å². The van der Waals surface area contributed by atoms with Crippen molar-refractivity contribution >= 4 is 0 Å². The van der Waals surface area contributed by atoms with Gasteiger partial charge in [0, 0.05) is 11.6 Å². The number of rotatable bonds is 5. The van der Waals surface area contributed by atoms with E-state index >= 15 is 0 Å². The zero-order chi connectivity index (χ0) is 13.2. The van der Waals surface area contributed by atoms with E-state index in [-0.39, 0.29) is 0 Å². The van der Waals surface area contributed by atoms with Gasteiger partial charge in [-0.25, -0.2) is 0 Å². The van der Waals surface area contributed by atoms with Gasteiger partial charge in [-0.3, -0.25) is 0 Å². The van der Waals surface area contributed by atoms with Crippen LogP contribution in [0.3, 0.4) is 0 Å². The van der Waals surface area contributed by atoms with Gasteiger partial charge < -0.3 is 14.5 Å². The van der Waals surface area contributed by atoms with Gasteiger partial charge in [-0.2, -0.15) is 0 Å². The van der Waals surface area contributed by atoms with Crippen LogP contribution in [-0.2, 0) is 6.54 Å². The van der Waals surface area contributed by atoms with Crippen molar-refractivity contribution in [2.24, 2.45) is 0 Å². The van der Waals surface area contributed by atoms with Gasteiger partial charge in [-0.15, -0.1) is 10.2 Å². The van der Waals surface area contributed by atoms with Gasteiger partial charge in [-0.1, -0.05) is 6.07 Å². The number of benzene rings is 1. The molecule has 5 heteroatoms. The molecule has 1 heterocycles. The largest absolute Gasteiger partial charge is 0.496 e. The summed E-state index contributed by atoms with van der Waals surface area (Å²) in [7, 11) is 1.66. The Labute approximate surface area is 112 Å². The van der Waals surface area contributed by atoms with Gasteiger partial charge in [0.1, 0.15) is 5.75 Å². The van der Waals surface area contributed by atoms with Crippen molar-refractivity contribution in [1.82, 2.24) is 15.5 Å². The van der Waals surface area contributed by atoms with E-state index in [1.165, 1.54) is 12.8 Å². The molecule has 1 aliphatic rings. The van der Waals surface area contributed by atoms with Crippen LogP contribution in [0.15, 0.2) is 22.6 Å². The predicted molar refractivity (Wildman–Crippen MR) is 70.9 cm³/mol. The number of methoxy groups -OCH3 is 1. The standard InChI is InChI=1S/C14H17N3O2/c1-9-3-4-10(7-12(9)18-2)14-17-16-13(19-14)8-15-11-5-6-11/h3-4,7,11,15H,5-6,8H2,1-2H3. The quantitative estimate of drug-likeness (QED) is 0.892. The molecule has 1 aromatic heterocycles. The fourth-order valence-corrected chi connectivity index (χ4v) is 1.91. The molecule has 3 rings (SSSR count). The molecule has 5 nitrogen and oxygen atoms in total. The Balaban J connectivity index is 1.77. The van der Waals surface area contributed by atoms with E-state index in [4.69, 9.17) is 9.15 Å². The molecule has 1 N–H and O–H groups in total. The Hall–Kier alpha value is -1.88. The lowest BCUT2D eigenvalue weighted by Gasteiger charge is -2.04. The van der Waals surface area contributed by atoms with E-state index in [9.17, 15) is 0 Å². The molecule has 0 atom stereocenters. The highest BCUT2D eigenvalue weighted by Crippen LogP contribution is 2.26. The molecule has 0 radical (unpaired) electrons. The van der Waals surface area contributed by atoms with Crippen molar-refractivity contribution in [3.63, 3.8) is 0 Å². The third kappa shape index (κ3) is 2.76. The summed E-state index contributed by atoms with van der Waals surface area (Å²) in [6, 6.07) is 6.50. The maximum Gasteiger partial charge on any atom is 0.247 e. The van der Waals surface area contributed by atoms with Gasteiger partial charge in [0.15, 0.2) is 0 Å². The van der Waals surface area contributed by atoms with E-state index in [0.29, 0.717) is 24.4 Å². The van der Waals surface area contributed by atoms with Crippen molar-refractivity contribution < 1.29 is 9.15 Å². The highest BCUT2D eigenvalue weighted by molar-refractivity contribution is 5.57. The molecular weight excluding hydrogens is 242 g/mol. The summed E-state index contributed by atoms with van der Waals surface area (Å²) in [5, 5.41) is 11.5.